The third kappa shape index (κ3) is 5.66. The van der Waals surface area contributed by atoms with E-state index in [-0.39, 0.29) is 18.4 Å². The lowest BCUT2D eigenvalue weighted by Crippen LogP contribution is -2.49. The topological polar surface area (TPSA) is 99.3 Å². The molecule has 0 aromatic heterocycles. The average molecular weight is 477 g/mol. The minimum atomic E-state index is -1.37. The summed E-state index contributed by atoms with van der Waals surface area (Å²) in [4.78, 5) is 54.9. The monoisotopic (exact) mass is 476 g/mol. The fourth-order valence-corrected chi connectivity index (χ4v) is 4.30. The van der Waals surface area contributed by atoms with E-state index in [0.29, 0.717) is 25.2 Å². The van der Waals surface area contributed by atoms with Crippen LogP contribution >= 0.6 is 0 Å². The van der Waals surface area contributed by atoms with Crippen LogP contribution in [-0.4, -0.2) is 77.5 Å². The Bertz CT molecular complexity index is 961. The number of benzene rings is 1. The number of carbonyl (C=O) groups excluding carboxylic acids is 4. The van der Waals surface area contributed by atoms with Crippen molar-refractivity contribution in [3.8, 4) is 0 Å². The van der Waals surface area contributed by atoms with Crippen molar-refractivity contribution in [2.75, 3.05) is 33.2 Å². The zero-order valence-electron chi connectivity index (χ0n) is 20.4. The van der Waals surface area contributed by atoms with E-state index in [1.54, 1.807) is 32.7 Å². The molecule has 0 bridgehead atoms. The van der Waals surface area contributed by atoms with E-state index in [1.807, 2.05) is 0 Å². The summed E-state index contributed by atoms with van der Waals surface area (Å²) in [6, 6.07) is 4.65. The summed E-state index contributed by atoms with van der Waals surface area (Å²) >= 11 is 0. The van der Waals surface area contributed by atoms with Crippen molar-refractivity contribution in [1.29, 1.82) is 0 Å². The van der Waals surface area contributed by atoms with Crippen LogP contribution in [0.3, 0.4) is 0 Å². The van der Waals surface area contributed by atoms with E-state index in [0.717, 1.165) is 17.7 Å². The first kappa shape index (κ1) is 25.5. The molecule has 10 heteroatoms. The Labute approximate surface area is 199 Å². The van der Waals surface area contributed by atoms with Gasteiger partial charge in [0, 0.05) is 26.7 Å². The fourth-order valence-electron chi connectivity index (χ4n) is 4.30. The number of carbonyl (C=O) groups is 4. The van der Waals surface area contributed by atoms with Crippen LogP contribution in [0.2, 0.25) is 0 Å². The first-order valence-electron chi connectivity index (χ1n) is 11.4. The molecule has 2 atom stereocenters. The lowest BCUT2D eigenvalue weighted by atomic mass is 9.92. The predicted octanol–water partition coefficient (Wildman–Crippen LogP) is 2.70. The van der Waals surface area contributed by atoms with Crippen LogP contribution in [0.15, 0.2) is 24.3 Å². The van der Waals surface area contributed by atoms with E-state index in [1.165, 1.54) is 36.1 Å². The van der Waals surface area contributed by atoms with Crippen LogP contribution in [0.1, 0.15) is 46.1 Å². The van der Waals surface area contributed by atoms with E-state index >= 15 is 0 Å². The van der Waals surface area contributed by atoms with Gasteiger partial charge in [-0.2, -0.15) is 0 Å². The zero-order chi connectivity index (χ0) is 25.3. The van der Waals surface area contributed by atoms with Gasteiger partial charge in [0.05, 0.1) is 0 Å². The number of hydrogen-bond acceptors (Lipinski definition) is 5. The first-order valence-corrected chi connectivity index (χ1v) is 11.4. The van der Waals surface area contributed by atoms with E-state index in [9.17, 15) is 23.6 Å². The Morgan fingerprint density at radius 3 is 2.50 bits per heavy atom. The summed E-state index contributed by atoms with van der Waals surface area (Å²) in [6.45, 7) is 7.94. The van der Waals surface area contributed by atoms with Gasteiger partial charge in [-0.1, -0.05) is 12.1 Å². The van der Waals surface area contributed by atoms with Gasteiger partial charge in [0.1, 0.15) is 23.5 Å². The zero-order valence-corrected chi connectivity index (χ0v) is 20.4. The highest BCUT2D eigenvalue weighted by Gasteiger charge is 2.49. The Morgan fingerprint density at radius 1 is 1.24 bits per heavy atom. The SMILES string of the molecule is CN(CC1CCCN(C(=O)CN2C(=O)NC(C)(c3ccc(F)cc3)C2=O)C1)C(=O)OC(C)(C)C. The van der Waals surface area contributed by atoms with Crippen molar-refractivity contribution in [1.82, 2.24) is 20.0 Å². The molecule has 2 heterocycles. The van der Waals surface area contributed by atoms with Gasteiger partial charge in [0.15, 0.2) is 0 Å². The van der Waals surface area contributed by atoms with Crippen LogP contribution in [0, 0.1) is 11.7 Å². The molecule has 2 fully saturated rings. The largest absolute Gasteiger partial charge is 0.444 e. The highest BCUT2D eigenvalue weighted by molar-refractivity contribution is 6.09. The van der Waals surface area contributed by atoms with Crippen LogP contribution in [0.5, 0.6) is 0 Å². The van der Waals surface area contributed by atoms with Gasteiger partial charge in [-0.05, 0) is 64.2 Å². The molecule has 0 radical (unpaired) electrons. The molecule has 2 aliphatic heterocycles. The van der Waals surface area contributed by atoms with Gasteiger partial charge >= 0.3 is 12.1 Å². The summed E-state index contributed by atoms with van der Waals surface area (Å²) in [5.74, 6) is -1.29. The molecule has 2 unspecified atom stereocenters. The summed E-state index contributed by atoms with van der Waals surface area (Å²) in [6.07, 6.45) is 1.18. The van der Waals surface area contributed by atoms with Crippen LogP contribution in [0.25, 0.3) is 0 Å². The molecule has 186 valence electrons. The molecule has 1 aromatic carbocycles. The third-order valence-electron chi connectivity index (χ3n) is 6.10. The number of imide groups is 1. The Kier molecular flexibility index (Phi) is 7.18. The molecule has 1 aromatic rings. The van der Waals surface area contributed by atoms with Crippen molar-refractivity contribution in [2.24, 2.45) is 5.92 Å². The number of nitrogens with zero attached hydrogens (tertiary/aromatic N) is 3. The number of likely N-dealkylation sites (tertiary alicyclic amines) is 1. The highest BCUT2D eigenvalue weighted by Crippen LogP contribution is 2.29. The first-order chi connectivity index (χ1) is 15.8. The lowest BCUT2D eigenvalue weighted by Gasteiger charge is -2.35. The minimum Gasteiger partial charge on any atom is -0.444 e. The molecule has 2 aliphatic rings. The van der Waals surface area contributed by atoms with Gasteiger partial charge in [0.2, 0.25) is 5.91 Å². The maximum atomic E-state index is 13.3. The van der Waals surface area contributed by atoms with Gasteiger partial charge < -0.3 is 19.9 Å². The molecule has 2 saturated heterocycles. The molecule has 0 saturated carbocycles. The summed E-state index contributed by atoms with van der Waals surface area (Å²) in [5, 5.41) is 2.63. The van der Waals surface area contributed by atoms with E-state index in [4.69, 9.17) is 4.74 Å². The number of urea groups is 1. The molecule has 3 rings (SSSR count). The Balaban J connectivity index is 1.60. The Hall–Kier alpha value is -3.17. The Morgan fingerprint density at radius 2 is 1.88 bits per heavy atom. The number of ether oxygens (including phenoxy) is 1. The molecular formula is C24H33FN4O5. The van der Waals surface area contributed by atoms with Crippen LogP contribution < -0.4 is 5.32 Å². The number of amides is 5. The van der Waals surface area contributed by atoms with E-state index in [2.05, 4.69) is 5.32 Å². The standard InChI is InChI=1S/C24H33FN4O5/c1-23(2,3)34-22(33)27(5)13-16-7-6-12-28(14-16)19(30)15-29-20(31)24(4,26-21(29)32)17-8-10-18(25)11-9-17/h8-11,16H,6-7,12-15H2,1-5H3,(H,26,32). The minimum absolute atomic E-state index is 0.0582. The number of rotatable bonds is 5. The normalized spacial score (nSPS) is 23.1. The molecule has 34 heavy (non-hydrogen) atoms. The number of halogens is 1. The quantitative estimate of drug-likeness (QED) is 0.659. The lowest BCUT2D eigenvalue weighted by molar-refractivity contribution is -0.140. The molecule has 1 N–H and O–H groups in total. The summed E-state index contributed by atoms with van der Waals surface area (Å²) in [5.41, 5.74) is -1.53. The number of nitrogens with one attached hydrogen (secondary N) is 1. The molecular weight excluding hydrogens is 443 g/mol. The van der Waals surface area contributed by atoms with Gasteiger partial charge in [0.25, 0.3) is 5.91 Å². The summed E-state index contributed by atoms with van der Waals surface area (Å²) < 4.78 is 18.7. The van der Waals surface area contributed by atoms with Crippen LogP contribution in [-0.2, 0) is 19.9 Å². The molecule has 9 nitrogen and oxygen atoms in total. The predicted molar refractivity (Wildman–Crippen MR) is 122 cm³/mol. The number of hydrogen-bond donors (Lipinski definition) is 1. The average Bonchev–Trinajstić information content (AvgIpc) is 2.97. The number of piperidine rings is 1. The van der Waals surface area contributed by atoms with E-state index < -0.39 is 35.0 Å². The van der Waals surface area contributed by atoms with Crippen LogP contribution in [0.4, 0.5) is 14.0 Å². The summed E-state index contributed by atoms with van der Waals surface area (Å²) in [7, 11) is 1.67. The maximum absolute atomic E-state index is 13.3. The maximum Gasteiger partial charge on any atom is 0.410 e. The second-order valence-electron chi connectivity index (χ2n) is 10.2. The third-order valence-corrected chi connectivity index (χ3v) is 6.10. The van der Waals surface area contributed by atoms with Crippen molar-refractivity contribution < 1.29 is 28.3 Å². The van der Waals surface area contributed by atoms with Crippen molar-refractivity contribution in [3.05, 3.63) is 35.6 Å². The molecule has 0 aliphatic carbocycles. The van der Waals surface area contributed by atoms with Crippen molar-refractivity contribution in [2.45, 2.75) is 51.7 Å². The second kappa shape index (κ2) is 9.60. The van der Waals surface area contributed by atoms with Crippen molar-refractivity contribution >= 4 is 23.9 Å². The second-order valence-corrected chi connectivity index (χ2v) is 10.2. The smallest absolute Gasteiger partial charge is 0.410 e. The fraction of sp³-hybridized carbons (Fsp3) is 0.583. The van der Waals surface area contributed by atoms with Gasteiger partial charge in [-0.3, -0.25) is 14.5 Å². The van der Waals surface area contributed by atoms with Gasteiger partial charge in [-0.15, -0.1) is 0 Å². The highest BCUT2D eigenvalue weighted by atomic mass is 19.1. The van der Waals surface area contributed by atoms with Crippen molar-refractivity contribution in [3.63, 3.8) is 0 Å². The molecule has 5 amide bonds. The molecule has 0 spiro atoms. The van der Waals surface area contributed by atoms with Gasteiger partial charge in [-0.25, -0.2) is 14.0 Å².